The summed E-state index contributed by atoms with van der Waals surface area (Å²) in [6.07, 6.45) is 3.79. The Kier molecular flexibility index (Phi) is 6.15. The summed E-state index contributed by atoms with van der Waals surface area (Å²) in [6.45, 7) is 6.20. The van der Waals surface area contributed by atoms with E-state index < -0.39 is 0 Å². The SMILES string of the molecule is CCc1ccc(CN2CCC(OCCCl)CC2)cc1. The van der Waals surface area contributed by atoms with Crippen molar-refractivity contribution in [1.29, 1.82) is 0 Å². The molecule has 106 valence electrons. The Labute approximate surface area is 121 Å². The molecule has 0 saturated carbocycles. The highest BCUT2D eigenvalue weighted by Gasteiger charge is 2.19. The van der Waals surface area contributed by atoms with Gasteiger partial charge in [-0.3, -0.25) is 4.90 Å². The summed E-state index contributed by atoms with van der Waals surface area (Å²) in [5, 5.41) is 0. The van der Waals surface area contributed by atoms with Gasteiger partial charge < -0.3 is 4.74 Å². The quantitative estimate of drug-likeness (QED) is 0.741. The zero-order valence-electron chi connectivity index (χ0n) is 11.8. The lowest BCUT2D eigenvalue weighted by Gasteiger charge is -2.31. The van der Waals surface area contributed by atoms with E-state index in [4.69, 9.17) is 16.3 Å². The van der Waals surface area contributed by atoms with Gasteiger partial charge in [0, 0.05) is 25.5 Å². The average Bonchev–Trinajstić information content (AvgIpc) is 2.47. The van der Waals surface area contributed by atoms with Gasteiger partial charge in [0.05, 0.1) is 12.7 Å². The molecule has 1 aromatic carbocycles. The molecular weight excluding hydrogens is 258 g/mol. The van der Waals surface area contributed by atoms with Gasteiger partial charge in [-0.15, -0.1) is 11.6 Å². The van der Waals surface area contributed by atoms with Crippen LogP contribution >= 0.6 is 11.6 Å². The van der Waals surface area contributed by atoms with Crippen molar-refractivity contribution >= 4 is 11.6 Å². The van der Waals surface area contributed by atoms with Crippen LogP contribution in [0.1, 0.15) is 30.9 Å². The second-order valence-corrected chi connectivity index (χ2v) is 5.58. The molecule has 0 N–H and O–H groups in total. The molecule has 0 aliphatic carbocycles. The van der Waals surface area contributed by atoms with E-state index in [1.807, 2.05) is 0 Å². The number of halogens is 1. The van der Waals surface area contributed by atoms with Gasteiger partial charge in [-0.05, 0) is 30.4 Å². The van der Waals surface area contributed by atoms with Crippen LogP contribution in [0.2, 0.25) is 0 Å². The van der Waals surface area contributed by atoms with Gasteiger partial charge in [0.2, 0.25) is 0 Å². The van der Waals surface area contributed by atoms with Crippen molar-refractivity contribution in [3.63, 3.8) is 0 Å². The van der Waals surface area contributed by atoms with Crippen molar-refractivity contribution in [2.75, 3.05) is 25.6 Å². The first-order valence-electron chi connectivity index (χ1n) is 7.29. The van der Waals surface area contributed by atoms with Gasteiger partial charge in [-0.1, -0.05) is 31.2 Å². The summed E-state index contributed by atoms with van der Waals surface area (Å²) in [7, 11) is 0. The average molecular weight is 282 g/mol. The highest BCUT2D eigenvalue weighted by Crippen LogP contribution is 2.16. The summed E-state index contributed by atoms with van der Waals surface area (Å²) in [4.78, 5) is 2.52. The molecule has 0 unspecified atom stereocenters. The van der Waals surface area contributed by atoms with Crippen molar-refractivity contribution in [2.45, 2.75) is 38.8 Å². The predicted molar refractivity (Wildman–Crippen MR) is 80.8 cm³/mol. The zero-order valence-corrected chi connectivity index (χ0v) is 12.5. The van der Waals surface area contributed by atoms with Crippen molar-refractivity contribution in [1.82, 2.24) is 4.90 Å². The number of hydrogen-bond acceptors (Lipinski definition) is 2. The minimum Gasteiger partial charge on any atom is -0.377 e. The fourth-order valence-electron chi connectivity index (χ4n) is 2.58. The molecule has 2 rings (SSSR count). The van der Waals surface area contributed by atoms with Gasteiger partial charge in [-0.2, -0.15) is 0 Å². The number of ether oxygens (including phenoxy) is 1. The predicted octanol–water partition coefficient (Wildman–Crippen LogP) is 3.47. The van der Waals surface area contributed by atoms with Crippen LogP contribution in [0.4, 0.5) is 0 Å². The van der Waals surface area contributed by atoms with Gasteiger partial charge in [-0.25, -0.2) is 0 Å². The van der Waals surface area contributed by atoms with Crippen molar-refractivity contribution < 1.29 is 4.74 Å². The monoisotopic (exact) mass is 281 g/mol. The fraction of sp³-hybridized carbons (Fsp3) is 0.625. The third kappa shape index (κ3) is 4.79. The van der Waals surface area contributed by atoms with E-state index in [1.54, 1.807) is 0 Å². The Morgan fingerprint density at radius 2 is 1.79 bits per heavy atom. The molecule has 1 aromatic rings. The van der Waals surface area contributed by atoms with Crippen molar-refractivity contribution in [2.24, 2.45) is 0 Å². The van der Waals surface area contributed by atoms with Gasteiger partial charge in [0.25, 0.3) is 0 Å². The number of benzene rings is 1. The standard InChI is InChI=1S/C16H24ClNO/c1-2-14-3-5-15(6-4-14)13-18-10-7-16(8-11-18)19-12-9-17/h3-6,16H,2,7-13H2,1H3. The third-order valence-corrected chi connectivity index (χ3v) is 3.96. The zero-order chi connectivity index (χ0) is 13.5. The topological polar surface area (TPSA) is 12.5 Å². The number of piperidine rings is 1. The maximum atomic E-state index is 5.70. The molecule has 0 amide bonds. The number of rotatable bonds is 6. The van der Waals surface area contributed by atoms with Gasteiger partial charge >= 0.3 is 0 Å². The molecule has 19 heavy (non-hydrogen) atoms. The number of hydrogen-bond donors (Lipinski definition) is 0. The summed E-state index contributed by atoms with van der Waals surface area (Å²) in [5.41, 5.74) is 2.83. The highest BCUT2D eigenvalue weighted by atomic mass is 35.5. The molecule has 0 spiro atoms. The molecule has 3 heteroatoms. The first kappa shape index (κ1) is 14.8. The van der Waals surface area contributed by atoms with Crippen LogP contribution in [-0.4, -0.2) is 36.6 Å². The smallest absolute Gasteiger partial charge is 0.0605 e. The summed E-state index contributed by atoms with van der Waals surface area (Å²) in [6, 6.07) is 9.00. The maximum absolute atomic E-state index is 5.70. The Hall–Kier alpha value is -0.570. The molecule has 1 saturated heterocycles. The molecular formula is C16H24ClNO. The molecule has 0 aromatic heterocycles. The largest absolute Gasteiger partial charge is 0.377 e. The highest BCUT2D eigenvalue weighted by molar-refractivity contribution is 6.17. The Balaban J connectivity index is 1.75. The fourth-order valence-corrected chi connectivity index (χ4v) is 2.67. The number of nitrogens with zero attached hydrogens (tertiary/aromatic N) is 1. The summed E-state index contributed by atoms with van der Waals surface area (Å²) in [5.74, 6) is 0.601. The maximum Gasteiger partial charge on any atom is 0.0605 e. The Morgan fingerprint density at radius 1 is 1.16 bits per heavy atom. The van der Waals surface area contributed by atoms with E-state index in [9.17, 15) is 0 Å². The van der Waals surface area contributed by atoms with E-state index in [0.717, 1.165) is 38.9 Å². The van der Waals surface area contributed by atoms with Crippen LogP contribution < -0.4 is 0 Å². The summed E-state index contributed by atoms with van der Waals surface area (Å²) < 4.78 is 5.70. The van der Waals surface area contributed by atoms with Crippen LogP contribution in [0.5, 0.6) is 0 Å². The molecule has 0 radical (unpaired) electrons. The van der Waals surface area contributed by atoms with Gasteiger partial charge in [0.15, 0.2) is 0 Å². The lowest BCUT2D eigenvalue weighted by atomic mass is 10.1. The Bertz CT molecular complexity index is 358. The normalized spacial score (nSPS) is 17.8. The number of aryl methyl sites for hydroxylation is 1. The van der Waals surface area contributed by atoms with E-state index in [-0.39, 0.29) is 0 Å². The molecule has 2 nitrogen and oxygen atoms in total. The Morgan fingerprint density at radius 3 is 2.37 bits per heavy atom. The van der Waals surface area contributed by atoms with Gasteiger partial charge in [0.1, 0.15) is 0 Å². The lowest BCUT2D eigenvalue weighted by Crippen LogP contribution is -2.36. The molecule has 1 heterocycles. The van der Waals surface area contributed by atoms with E-state index >= 15 is 0 Å². The molecule has 1 fully saturated rings. The second-order valence-electron chi connectivity index (χ2n) is 5.21. The minimum atomic E-state index is 0.414. The first-order valence-corrected chi connectivity index (χ1v) is 7.83. The lowest BCUT2D eigenvalue weighted by molar-refractivity contribution is 0.0135. The molecule has 1 aliphatic rings. The third-order valence-electron chi connectivity index (χ3n) is 3.80. The molecule has 1 aliphatic heterocycles. The summed E-state index contributed by atoms with van der Waals surface area (Å²) >= 11 is 5.65. The van der Waals surface area contributed by atoms with E-state index in [0.29, 0.717) is 18.6 Å². The molecule has 0 atom stereocenters. The van der Waals surface area contributed by atoms with Crippen LogP contribution in [0.25, 0.3) is 0 Å². The first-order chi connectivity index (χ1) is 9.31. The minimum absolute atomic E-state index is 0.414. The van der Waals surface area contributed by atoms with E-state index in [1.165, 1.54) is 11.1 Å². The van der Waals surface area contributed by atoms with Crippen LogP contribution in [0, 0.1) is 0 Å². The van der Waals surface area contributed by atoms with Crippen LogP contribution in [0.15, 0.2) is 24.3 Å². The van der Waals surface area contributed by atoms with Crippen LogP contribution in [-0.2, 0) is 17.7 Å². The second kappa shape index (κ2) is 7.88. The van der Waals surface area contributed by atoms with Crippen LogP contribution in [0.3, 0.4) is 0 Å². The van der Waals surface area contributed by atoms with Crippen molar-refractivity contribution in [3.8, 4) is 0 Å². The molecule has 0 bridgehead atoms. The number of likely N-dealkylation sites (tertiary alicyclic amines) is 1. The van der Waals surface area contributed by atoms with Crippen molar-refractivity contribution in [3.05, 3.63) is 35.4 Å². The van der Waals surface area contributed by atoms with E-state index in [2.05, 4.69) is 36.1 Å². The number of alkyl halides is 1.